The Labute approximate surface area is 176 Å². The van der Waals surface area contributed by atoms with Gasteiger partial charge in [-0.25, -0.2) is 18.0 Å². The minimum absolute atomic E-state index is 0.0316. The van der Waals surface area contributed by atoms with Crippen LogP contribution in [0.5, 0.6) is 5.75 Å². The lowest BCUT2D eigenvalue weighted by molar-refractivity contribution is -0.138. The summed E-state index contributed by atoms with van der Waals surface area (Å²) >= 11 is 0. The zero-order chi connectivity index (χ0) is 22.9. The fourth-order valence-corrected chi connectivity index (χ4v) is 3.27. The van der Waals surface area contributed by atoms with E-state index in [1.165, 1.54) is 44.2 Å². The van der Waals surface area contributed by atoms with Gasteiger partial charge in [0.25, 0.3) is 5.91 Å². The molecule has 0 bridgehead atoms. The zero-order valence-electron chi connectivity index (χ0n) is 17.0. The topological polar surface area (TPSA) is 79.0 Å². The Morgan fingerprint density at radius 3 is 2.42 bits per heavy atom. The Morgan fingerprint density at radius 1 is 1.10 bits per heavy atom. The molecule has 1 saturated heterocycles. The number of urea groups is 1. The van der Waals surface area contributed by atoms with E-state index in [-0.39, 0.29) is 17.9 Å². The molecule has 2 aromatic carbocycles. The Kier molecular flexibility index (Phi) is 5.92. The van der Waals surface area contributed by atoms with Crippen LogP contribution in [0, 0.1) is 17.5 Å². The van der Waals surface area contributed by atoms with Gasteiger partial charge in [-0.2, -0.15) is 0 Å². The van der Waals surface area contributed by atoms with Gasteiger partial charge in [-0.1, -0.05) is 12.1 Å². The number of benzene rings is 2. The fourth-order valence-electron chi connectivity index (χ4n) is 3.27. The maximum atomic E-state index is 13.8. The van der Waals surface area contributed by atoms with Crippen molar-refractivity contribution in [2.75, 3.05) is 20.7 Å². The first kappa shape index (κ1) is 22.1. The standard InChI is InChI=1S/C21H20F3N3O4/c1-21(13-5-6-14(22)15(23)9-13)19(29)27(20(30)25-21)11-18(28)26(2)10-12-4-7-17(31-3)16(24)8-12/h4-9H,10-11H2,1-3H3,(H,25,30). The van der Waals surface area contributed by atoms with E-state index >= 15 is 0 Å². The van der Waals surface area contributed by atoms with Gasteiger partial charge in [0, 0.05) is 13.6 Å². The molecule has 1 fully saturated rings. The molecule has 1 atom stereocenters. The first-order valence-electron chi connectivity index (χ1n) is 9.23. The van der Waals surface area contributed by atoms with Crippen LogP contribution >= 0.6 is 0 Å². The van der Waals surface area contributed by atoms with E-state index in [2.05, 4.69) is 5.32 Å². The molecule has 1 heterocycles. The van der Waals surface area contributed by atoms with Crippen LogP contribution in [0.4, 0.5) is 18.0 Å². The van der Waals surface area contributed by atoms with Crippen molar-refractivity contribution in [1.82, 2.24) is 15.1 Å². The van der Waals surface area contributed by atoms with Crippen LogP contribution in [-0.2, 0) is 21.7 Å². The molecule has 1 aliphatic heterocycles. The van der Waals surface area contributed by atoms with Gasteiger partial charge in [0.2, 0.25) is 5.91 Å². The van der Waals surface area contributed by atoms with E-state index < -0.39 is 47.4 Å². The largest absolute Gasteiger partial charge is 0.494 e. The van der Waals surface area contributed by atoms with Gasteiger partial charge < -0.3 is 15.0 Å². The quantitative estimate of drug-likeness (QED) is 0.708. The van der Waals surface area contributed by atoms with Gasteiger partial charge in [0.15, 0.2) is 23.2 Å². The van der Waals surface area contributed by atoms with Crippen molar-refractivity contribution in [2.45, 2.75) is 19.0 Å². The predicted octanol–water partition coefficient (Wildman–Crippen LogP) is 2.54. The van der Waals surface area contributed by atoms with Crippen LogP contribution in [0.2, 0.25) is 0 Å². The average molecular weight is 435 g/mol. The predicted molar refractivity (Wildman–Crippen MR) is 103 cm³/mol. The minimum atomic E-state index is -1.65. The molecule has 1 aliphatic rings. The van der Waals surface area contributed by atoms with Gasteiger partial charge in [-0.05, 0) is 42.3 Å². The molecule has 0 aliphatic carbocycles. The maximum Gasteiger partial charge on any atom is 0.325 e. The summed E-state index contributed by atoms with van der Waals surface area (Å²) in [5, 5.41) is 2.42. The highest BCUT2D eigenvalue weighted by molar-refractivity contribution is 6.09. The molecule has 0 aromatic heterocycles. The van der Waals surface area contributed by atoms with Crippen molar-refractivity contribution in [1.29, 1.82) is 0 Å². The van der Waals surface area contributed by atoms with Gasteiger partial charge in [0.05, 0.1) is 7.11 Å². The number of rotatable bonds is 6. The molecule has 3 rings (SSSR count). The lowest BCUT2D eigenvalue weighted by Gasteiger charge is -2.23. The molecule has 1 N–H and O–H groups in total. The molecule has 0 radical (unpaired) electrons. The van der Waals surface area contributed by atoms with Crippen molar-refractivity contribution in [2.24, 2.45) is 0 Å². The second-order valence-electron chi connectivity index (χ2n) is 7.29. The molecule has 4 amide bonds. The highest BCUT2D eigenvalue weighted by atomic mass is 19.2. The third kappa shape index (κ3) is 4.18. The number of likely N-dealkylation sites (N-methyl/N-ethyl adjacent to an activating group) is 1. The highest BCUT2D eigenvalue weighted by Crippen LogP contribution is 2.30. The van der Waals surface area contributed by atoms with Crippen molar-refractivity contribution < 1.29 is 32.3 Å². The summed E-state index contributed by atoms with van der Waals surface area (Å²) in [7, 11) is 2.78. The number of nitrogens with zero attached hydrogens (tertiary/aromatic N) is 2. The summed E-state index contributed by atoms with van der Waals surface area (Å²) < 4.78 is 45.5. The third-order valence-corrected chi connectivity index (χ3v) is 5.13. The second kappa shape index (κ2) is 8.29. The van der Waals surface area contributed by atoms with Crippen molar-refractivity contribution in [3.05, 3.63) is 65.0 Å². The maximum absolute atomic E-state index is 13.8. The van der Waals surface area contributed by atoms with E-state index in [0.29, 0.717) is 10.5 Å². The molecule has 0 saturated carbocycles. The highest BCUT2D eigenvalue weighted by Gasteiger charge is 2.49. The Morgan fingerprint density at radius 2 is 1.81 bits per heavy atom. The van der Waals surface area contributed by atoms with Crippen LogP contribution in [0.3, 0.4) is 0 Å². The molecule has 31 heavy (non-hydrogen) atoms. The van der Waals surface area contributed by atoms with Crippen LogP contribution in [0.1, 0.15) is 18.1 Å². The SMILES string of the molecule is COc1ccc(CN(C)C(=O)CN2C(=O)NC(C)(c3ccc(F)c(F)c3)C2=O)cc1F. The molecular weight excluding hydrogens is 415 g/mol. The number of imide groups is 1. The molecule has 164 valence electrons. The second-order valence-corrected chi connectivity index (χ2v) is 7.29. The first-order chi connectivity index (χ1) is 14.6. The van der Waals surface area contributed by atoms with Gasteiger partial charge >= 0.3 is 6.03 Å². The number of hydrogen-bond acceptors (Lipinski definition) is 4. The smallest absolute Gasteiger partial charge is 0.325 e. The van der Waals surface area contributed by atoms with Crippen LogP contribution in [0.25, 0.3) is 0 Å². The van der Waals surface area contributed by atoms with Crippen molar-refractivity contribution in [3.8, 4) is 5.75 Å². The number of ether oxygens (including phenoxy) is 1. The van der Waals surface area contributed by atoms with E-state index in [4.69, 9.17) is 4.74 Å². The fraction of sp³-hybridized carbons (Fsp3) is 0.286. The number of carbonyl (C=O) groups excluding carboxylic acids is 3. The number of amides is 4. The lowest BCUT2D eigenvalue weighted by Crippen LogP contribution is -2.43. The number of nitrogens with one attached hydrogen (secondary N) is 1. The van der Waals surface area contributed by atoms with E-state index in [9.17, 15) is 27.6 Å². The summed E-state index contributed by atoms with van der Waals surface area (Å²) in [6.45, 7) is 0.803. The molecular formula is C21H20F3N3O4. The van der Waals surface area contributed by atoms with Gasteiger partial charge in [-0.15, -0.1) is 0 Å². The van der Waals surface area contributed by atoms with Gasteiger partial charge in [-0.3, -0.25) is 14.5 Å². The van der Waals surface area contributed by atoms with E-state index in [0.717, 1.165) is 12.1 Å². The van der Waals surface area contributed by atoms with Crippen molar-refractivity contribution >= 4 is 17.8 Å². The van der Waals surface area contributed by atoms with Crippen LogP contribution < -0.4 is 10.1 Å². The Balaban J connectivity index is 1.72. The summed E-state index contributed by atoms with van der Waals surface area (Å²) in [4.78, 5) is 39.7. The summed E-state index contributed by atoms with van der Waals surface area (Å²) in [6.07, 6.45) is 0. The lowest BCUT2D eigenvalue weighted by atomic mass is 9.92. The number of methoxy groups -OCH3 is 1. The third-order valence-electron chi connectivity index (χ3n) is 5.13. The first-order valence-corrected chi connectivity index (χ1v) is 9.23. The molecule has 10 heteroatoms. The van der Waals surface area contributed by atoms with Crippen LogP contribution in [0.15, 0.2) is 36.4 Å². The summed E-state index contributed by atoms with van der Waals surface area (Å²) in [6, 6.07) is 6.25. The molecule has 0 spiro atoms. The Bertz CT molecular complexity index is 1060. The zero-order valence-corrected chi connectivity index (χ0v) is 17.0. The van der Waals surface area contributed by atoms with Gasteiger partial charge in [0.1, 0.15) is 12.1 Å². The number of hydrogen-bond donors (Lipinski definition) is 1. The average Bonchev–Trinajstić information content (AvgIpc) is 2.94. The monoisotopic (exact) mass is 435 g/mol. The van der Waals surface area contributed by atoms with Crippen LogP contribution in [-0.4, -0.2) is 48.3 Å². The van der Waals surface area contributed by atoms with Crippen molar-refractivity contribution in [3.63, 3.8) is 0 Å². The summed E-state index contributed by atoms with van der Waals surface area (Å²) in [5.74, 6) is -4.13. The number of carbonyl (C=O) groups is 3. The molecule has 1 unspecified atom stereocenters. The molecule has 7 nitrogen and oxygen atoms in total. The number of halogens is 3. The Hall–Kier alpha value is -3.56. The van der Waals surface area contributed by atoms with E-state index in [1.54, 1.807) is 6.07 Å². The normalized spacial score (nSPS) is 18.2. The molecule has 2 aromatic rings. The van der Waals surface area contributed by atoms with E-state index in [1.807, 2.05) is 0 Å². The summed E-state index contributed by atoms with van der Waals surface area (Å²) in [5.41, 5.74) is -1.12. The minimum Gasteiger partial charge on any atom is -0.494 e.